The van der Waals surface area contributed by atoms with Crippen LogP contribution in [0.3, 0.4) is 0 Å². The first-order chi connectivity index (χ1) is 4.24. The van der Waals surface area contributed by atoms with Gasteiger partial charge in [-0.2, -0.15) is 0 Å². The summed E-state index contributed by atoms with van der Waals surface area (Å²) in [6.07, 6.45) is 4.94. The van der Waals surface area contributed by atoms with Gasteiger partial charge in [0.25, 0.3) is 0 Å². The molecule has 0 atom stereocenters. The van der Waals surface area contributed by atoms with Crippen LogP contribution in [0.15, 0.2) is 0 Å². The van der Waals surface area contributed by atoms with Gasteiger partial charge in [-0.3, -0.25) is 0 Å². The van der Waals surface area contributed by atoms with E-state index in [4.69, 9.17) is 0 Å². The Labute approximate surface area is 59.7 Å². The van der Waals surface area contributed by atoms with Crippen molar-refractivity contribution in [3.8, 4) is 0 Å². The Bertz CT molecular complexity index is 42.9. The van der Waals surface area contributed by atoms with E-state index in [0.29, 0.717) is 5.41 Å². The Morgan fingerprint density at radius 2 is 1.33 bits per heavy atom. The maximum Gasteiger partial charge on any atom is -0.0305 e. The van der Waals surface area contributed by atoms with Crippen LogP contribution < -0.4 is 0 Å². The van der Waals surface area contributed by atoms with Gasteiger partial charge < -0.3 is 0 Å². The van der Waals surface area contributed by atoms with Gasteiger partial charge >= 0.3 is 0 Å². The van der Waals surface area contributed by atoms with Crippen molar-refractivity contribution in [1.29, 1.82) is 0 Å². The first kappa shape index (κ1) is 9.00. The molecule has 0 heterocycles. The lowest BCUT2D eigenvalue weighted by Gasteiger charge is -2.28. The molecule has 0 spiro atoms. The second-order valence-corrected chi connectivity index (χ2v) is 2.81. The summed E-state index contributed by atoms with van der Waals surface area (Å²) in [5, 5.41) is 0. The Hall–Kier alpha value is 0. The molecular formula is C9H19. The van der Waals surface area contributed by atoms with Crippen molar-refractivity contribution in [3.63, 3.8) is 0 Å². The Morgan fingerprint density at radius 1 is 1.00 bits per heavy atom. The molecule has 0 aliphatic carbocycles. The minimum atomic E-state index is 0.556. The van der Waals surface area contributed by atoms with Crippen LogP contribution in [-0.2, 0) is 0 Å². The molecule has 0 aromatic carbocycles. The summed E-state index contributed by atoms with van der Waals surface area (Å²) in [5.74, 6) is 0. The highest BCUT2D eigenvalue weighted by Gasteiger charge is 2.20. The number of hydrogen-bond acceptors (Lipinski definition) is 0. The van der Waals surface area contributed by atoms with E-state index in [1.807, 2.05) is 0 Å². The van der Waals surface area contributed by atoms with Crippen molar-refractivity contribution in [2.24, 2.45) is 5.41 Å². The van der Waals surface area contributed by atoms with Gasteiger partial charge in [0.2, 0.25) is 0 Å². The second kappa shape index (κ2) is 3.92. The molecule has 0 fully saturated rings. The fourth-order valence-corrected chi connectivity index (χ4v) is 1.28. The zero-order valence-corrected chi connectivity index (χ0v) is 7.04. The van der Waals surface area contributed by atoms with Gasteiger partial charge in [0.15, 0.2) is 0 Å². The van der Waals surface area contributed by atoms with Crippen LogP contribution >= 0.6 is 0 Å². The maximum atomic E-state index is 3.97. The molecule has 0 bridgehead atoms. The normalized spacial score (nSPS) is 12.0. The van der Waals surface area contributed by atoms with Gasteiger partial charge in [0.1, 0.15) is 0 Å². The largest absolute Gasteiger partial charge is 0.0649 e. The first-order valence-corrected chi connectivity index (χ1v) is 4.04. The fraction of sp³-hybridized carbons (Fsp3) is 0.889. The van der Waals surface area contributed by atoms with E-state index >= 15 is 0 Å². The smallest absolute Gasteiger partial charge is 0.0305 e. The van der Waals surface area contributed by atoms with E-state index in [9.17, 15) is 0 Å². The molecule has 0 rings (SSSR count). The standard InChI is InChI=1S/C9H19/c1-5-9(6-2,7-3)8-4/h1,5-8H2,2-4H3. The summed E-state index contributed by atoms with van der Waals surface area (Å²) in [6.45, 7) is 10.8. The monoisotopic (exact) mass is 127 g/mol. The molecule has 1 radical (unpaired) electrons. The van der Waals surface area contributed by atoms with Crippen LogP contribution in [-0.4, -0.2) is 0 Å². The molecule has 0 amide bonds. The lowest BCUT2D eigenvalue weighted by molar-refractivity contribution is 0.253. The highest BCUT2D eigenvalue weighted by molar-refractivity contribution is 4.75. The summed E-state index contributed by atoms with van der Waals surface area (Å²) < 4.78 is 0. The number of rotatable bonds is 4. The molecule has 0 unspecified atom stereocenters. The molecule has 9 heavy (non-hydrogen) atoms. The third kappa shape index (κ3) is 2.00. The van der Waals surface area contributed by atoms with E-state index in [1.54, 1.807) is 0 Å². The van der Waals surface area contributed by atoms with Crippen molar-refractivity contribution in [2.45, 2.75) is 46.5 Å². The molecule has 0 aromatic heterocycles. The lowest BCUT2D eigenvalue weighted by atomic mass is 9.78. The lowest BCUT2D eigenvalue weighted by Crippen LogP contribution is -2.15. The van der Waals surface area contributed by atoms with Crippen molar-refractivity contribution in [2.75, 3.05) is 0 Å². The van der Waals surface area contributed by atoms with Gasteiger partial charge in [-0.05, 0) is 11.8 Å². The van der Waals surface area contributed by atoms with Crippen LogP contribution in [0, 0.1) is 12.3 Å². The van der Waals surface area contributed by atoms with Crippen LogP contribution in [0.25, 0.3) is 0 Å². The van der Waals surface area contributed by atoms with Gasteiger partial charge in [0.05, 0.1) is 0 Å². The highest BCUT2D eigenvalue weighted by atomic mass is 14.3. The van der Waals surface area contributed by atoms with E-state index in [1.165, 1.54) is 19.3 Å². The summed E-state index contributed by atoms with van der Waals surface area (Å²) in [7, 11) is 0. The minimum Gasteiger partial charge on any atom is -0.0649 e. The minimum absolute atomic E-state index is 0.556. The van der Waals surface area contributed by atoms with Crippen molar-refractivity contribution in [3.05, 3.63) is 6.92 Å². The molecule has 0 aliphatic heterocycles. The molecule has 55 valence electrons. The van der Waals surface area contributed by atoms with Crippen LogP contribution in [0.1, 0.15) is 46.5 Å². The second-order valence-electron chi connectivity index (χ2n) is 2.81. The van der Waals surface area contributed by atoms with Gasteiger partial charge in [-0.15, -0.1) is 0 Å². The van der Waals surface area contributed by atoms with Crippen LogP contribution in [0.5, 0.6) is 0 Å². The molecule has 0 N–H and O–H groups in total. The predicted molar refractivity (Wildman–Crippen MR) is 43.3 cm³/mol. The van der Waals surface area contributed by atoms with E-state index in [-0.39, 0.29) is 0 Å². The number of hydrogen-bond donors (Lipinski definition) is 0. The molecule has 0 saturated carbocycles. The quantitative estimate of drug-likeness (QED) is 0.542. The zero-order valence-electron chi connectivity index (χ0n) is 7.04. The van der Waals surface area contributed by atoms with Crippen molar-refractivity contribution < 1.29 is 0 Å². The molecule has 0 aromatic rings. The van der Waals surface area contributed by atoms with Crippen molar-refractivity contribution in [1.82, 2.24) is 0 Å². The summed E-state index contributed by atoms with van der Waals surface area (Å²) in [4.78, 5) is 0. The molecule has 0 saturated heterocycles. The topological polar surface area (TPSA) is 0 Å². The average Bonchev–Trinajstić information content (AvgIpc) is 1.95. The van der Waals surface area contributed by atoms with Crippen LogP contribution in [0.4, 0.5) is 0 Å². The molecular weight excluding hydrogens is 108 g/mol. The Balaban J connectivity index is 3.82. The van der Waals surface area contributed by atoms with Gasteiger partial charge in [-0.25, -0.2) is 0 Å². The van der Waals surface area contributed by atoms with E-state index in [0.717, 1.165) is 6.42 Å². The predicted octanol–water partition coefficient (Wildman–Crippen LogP) is 3.43. The summed E-state index contributed by atoms with van der Waals surface area (Å²) in [6, 6.07) is 0. The highest BCUT2D eigenvalue weighted by Crippen LogP contribution is 2.33. The van der Waals surface area contributed by atoms with E-state index in [2.05, 4.69) is 27.7 Å². The van der Waals surface area contributed by atoms with Crippen molar-refractivity contribution >= 4 is 0 Å². The average molecular weight is 127 g/mol. The molecule has 0 aliphatic rings. The molecule has 0 nitrogen and oxygen atoms in total. The zero-order chi connectivity index (χ0) is 7.33. The first-order valence-electron chi connectivity index (χ1n) is 4.04. The van der Waals surface area contributed by atoms with Gasteiger partial charge in [-0.1, -0.05) is 47.0 Å². The maximum absolute atomic E-state index is 3.97. The Kier molecular flexibility index (Phi) is 3.92. The third-order valence-corrected chi connectivity index (χ3v) is 2.78. The Morgan fingerprint density at radius 3 is 1.33 bits per heavy atom. The summed E-state index contributed by atoms with van der Waals surface area (Å²) >= 11 is 0. The SMILES string of the molecule is [CH2]CC(CC)(CC)CC. The van der Waals surface area contributed by atoms with Gasteiger partial charge in [0, 0.05) is 0 Å². The van der Waals surface area contributed by atoms with Crippen LogP contribution in [0.2, 0.25) is 0 Å². The molecule has 0 heteroatoms. The fourth-order valence-electron chi connectivity index (χ4n) is 1.28. The summed E-state index contributed by atoms with van der Waals surface area (Å²) in [5.41, 5.74) is 0.556. The third-order valence-electron chi connectivity index (χ3n) is 2.78. The van der Waals surface area contributed by atoms with E-state index < -0.39 is 0 Å².